The molecule has 1 N–H and O–H groups in total. The second kappa shape index (κ2) is 7.38. The highest BCUT2D eigenvalue weighted by Crippen LogP contribution is 2.31. The van der Waals surface area contributed by atoms with E-state index in [0.29, 0.717) is 6.54 Å². The zero-order chi connectivity index (χ0) is 18.7. The number of amides is 1. The average molecular weight is 412 g/mol. The zero-order valence-corrected chi connectivity index (χ0v) is 14.9. The van der Waals surface area contributed by atoms with Crippen LogP contribution in [0.3, 0.4) is 0 Å². The minimum atomic E-state index is -0.720. The van der Waals surface area contributed by atoms with Gasteiger partial charge in [-0.05, 0) is 29.8 Å². The Morgan fingerprint density at radius 1 is 1.24 bits per heavy atom. The molecule has 25 heavy (non-hydrogen) atoms. The van der Waals surface area contributed by atoms with E-state index < -0.39 is 27.1 Å². The third-order valence-electron chi connectivity index (χ3n) is 3.48. The Morgan fingerprint density at radius 2 is 1.80 bits per heavy atom. The van der Waals surface area contributed by atoms with Crippen molar-refractivity contribution in [2.75, 3.05) is 5.32 Å². The van der Waals surface area contributed by atoms with Gasteiger partial charge in [0.25, 0.3) is 11.4 Å². The van der Waals surface area contributed by atoms with Crippen LogP contribution in [0.1, 0.15) is 17.7 Å². The highest BCUT2D eigenvalue weighted by Gasteiger charge is 2.23. The van der Waals surface area contributed by atoms with E-state index in [4.69, 9.17) is 0 Å². The number of nitro benzene ring substituents is 2. The molecule has 2 aromatic rings. The molecule has 0 atom stereocenters. The lowest BCUT2D eigenvalue weighted by molar-refractivity contribution is -0.395. The van der Waals surface area contributed by atoms with Crippen molar-refractivity contribution < 1.29 is 14.6 Å². The van der Waals surface area contributed by atoms with Gasteiger partial charge in [-0.2, -0.15) is 5.10 Å². The highest BCUT2D eigenvalue weighted by molar-refractivity contribution is 9.10. The molecule has 0 spiro atoms. The Kier molecular flexibility index (Phi) is 5.47. The number of aromatic nitrogens is 2. The summed E-state index contributed by atoms with van der Waals surface area (Å²) in [6.45, 7) is 3.40. The van der Waals surface area contributed by atoms with Crippen LogP contribution in [0.5, 0.6) is 0 Å². The number of anilines is 1. The summed E-state index contributed by atoms with van der Waals surface area (Å²) in [7, 11) is 0. The predicted octanol–water partition coefficient (Wildman–Crippen LogP) is 3.11. The standard InChI is InChI=1S/C14H14BrN5O5/c1-8-12(19(22)23)5-10(6-13(8)20(24)25)16-14(21)3-4-18-7-11(15)9(2)17-18/h5-7H,3-4H2,1-2H3,(H,16,21). The van der Waals surface area contributed by atoms with E-state index in [9.17, 15) is 25.0 Å². The number of hydrogen-bond acceptors (Lipinski definition) is 6. The van der Waals surface area contributed by atoms with Crippen molar-refractivity contribution in [1.29, 1.82) is 0 Å². The first-order valence-electron chi connectivity index (χ1n) is 7.12. The fourth-order valence-electron chi connectivity index (χ4n) is 2.18. The summed E-state index contributed by atoms with van der Waals surface area (Å²) in [5, 5.41) is 28.7. The number of nitrogens with zero attached hydrogens (tertiary/aromatic N) is 4. The fourth-order valence-corrected chi connectivity index (χ4v) is 2.50. The lowest BCUT2D eigenvalue weighted by Crippen LogP contribution is -2.15. The number of benzene rings is 1. The molecule has 10 nitrogen and oxygen atoms in total. The molecule has 0 unspecified atom stereocenters. The average Bonchev–Trinajstić information content (AvgIpc) is 2.84. The number of nitro groups is 2. The van der Waals surface area contributed by atoms with Crippen LogP contribution in [0.15, 0.2) is 22.8 Å². The molecule has 0 aliphatic rings. The minimum Gasteiger partial charge on any atom is -0.326 e. The van der Waals surface area contributed by atoms with E-state index in [-0.39, 0.29) is 17.7 Å². The van der Waals surface area contributed by atoms with Crippen LogP contribution in [-0.4, -0.2) is 25.5 Å². The maximum absolute atomic E-state index is 12.0. The van der Waals surface area contributed by atoms with Gasteiger partial charge in [0.2, 0.25) is 5.91 Å². The van der Waals surface area contributed by atoms with E-state index in [1.807, 2.05) is 6.92 Å². The molecule has 0 saturated carbocycles. The molecule has 0 fully saturated rings. The van der Waals surface area contributed by atoms with Gasteiger partial charge in [-0.15, -0.1) is 0 Å². The van der Waals surface area contributed by atoms with Gasteiger partial charge in [-0.25, -0.2) is 0 Å². The molecule has 0 aliphatic heterocycles. The van der Waals surface area contributed by atoms with E-state index in [1.165, 1.54) is 6.92 Å². The van der Waals surface area contributed by atoms with Crippen molar-refractivity contribution in [3.05, 3.63) is 54.3 Å². The summed E-state index contributed by atoms with van der Waals surface area (Å²) in [6.07, 6.45) is 1.78. The first kappa shape index (κ1) is 18.5. The maximum Gasteiger partial charge on any atom is 0.281 e. The van der Waals surface area contributed by atoms with Crippen molar-refractivity contribution in [3.8, 4) is 0 Å². The Labute approximate surface area is 150 Å². The predicted molar refractivity (Wildman–Crippen MR) is 92.4 cm³/mol. The Bertz CT molecular complexity index is 809. The van der Waals surface area contributed by atoms with Gasteiger partial charge in [0.15, 0.2) is 0 Å². The number of hydrogen-bond donors (Lipinski definition) is 1. The van der Waals surface area contributed by atoms with Gasteiger partial charge in [0, 0.05) is 31.3 Å². The summed E-state index contributed by atoms with van der Waals surface area (Å²) < 4.78 is 2.40. The molecule has 11 heteroatoms. The number of carbonyl (C=O) groups excluding carboxylic acids is 1. The van der Waals surface area contributed by atoms with E-state index >= 15 is 0 Å². The smallest absolute Gasteiger partial charge is 0.281 e. The second-order valence-corrected chi connectivity index (χ2v) is 6.13. The third kappa shape index (κ3) is 4.38. The fraction of sp³-hybridized carbons (Fsp3) is 0.286. The van der Waals surface area contributed by atoms with Gasteiger partial charge in [0.05, 0.1) is 25.7 Å². The molecule has 2 rings (SSSR count). The number of carbonyl (C=O) groups is 1. The Hall–Kier alpha value is -2.82. The maximum atomic E-state index is 12.0. The van der Waals surface area contributed by atoms with Crippen molar-refractivity contribution in [2.45, 2.75) is 26.8 Å². The number of nitrogens with one attached hydrogen (secondary N) is 1. The van der Waals surface area contributed by atoms with Crippen LogP contribution in [0.4, 0.5) is 17.1 Å². The monoisotopic (exact) mass is 411 g/mol. The van der Waals surface area contributed by atoms with Gasteiger partial charge >= 0.3 is 0 Å². The molecule has 0 aliphatic carbocycles. The van der Waals surface area contributed by atoms with E-state index in [1.54, 1.807) is 10.9 Å². The lowest BCUT2D eigenvalue weighted by atomic mass is 10.1. The van der Waals surface area contributed by atoms with Crippen LogP contribution in [0.2, 0.25) is 0 Å². The molecular weight excluding hydrogens is 398 g/mol. The molecule has 0 bridgehead atoms. The van der Waals surface area contributed by atoms with Crippen LogP contribution in [0.25, 0.3) is 0 Å². The molecule has 1 aromatic heterocycles. The molecule has 1 heterocycles. The summed E-state index contributed by atoms with van der Waals surface area (Å²) in [5.41, 5.74) is -0.117. The van der Waals surface area contributed by atoms with Crippen LogP contribution < -0.4 is 5.32 Å². The normalized spacial score (nSPS) is 10.5. The van der Waals surface area contributed by atoms with Crippen LogP contribution >= 0.6 is 15.9 Å². The molecule has 1 aromatic carbocycles. The topological polar surface area (TPSA) is 133 Å². The third-order valence-corrected chi connectivity index (χ3v) is 4.26. The zero-order valence-electron chi connectivity index (χ0n) is 13.4. The molecule has 0 saturated heterocycles. The second-order valence-electron chi connectivity index (χ2n) is 5.28. The van der Waals surface area contributed by atoms with E-state index in [2.05, 4.69) is 26.3 Å². The van der Waals surface area contributed by atoms with Crippen molar-refractivity contribution in [1.82, 2.24) is 9.78 Å². The lowest BCUT2D eigenvalue weighted by Gasteiger charge is -2.07. The SMILES string of the molecule is Cc1nn(CCC(=O)Nc2cc([N+](=O)[O-])c(C)c([N+](=O)[O-])c2)cc1Br. The van der Waals surface area contributed by atoms with Crippen LogP contribution in [0, 0.1) is 34.1 Å². The Balaban J connectivity index is 2.14. The number of aryl methyl sites for hydroxylation is 2. The summed E-state index contributed by atoms with van der Waals surface area (Å²) in [4.78, 5) is 32.6. The minimum absolute atomic E-state index is 0.00632. The van der Waals surface area contributed by atoms with Gasteiger partial charge in [-0.3, -0.25) is 29.7 Å². The highest BCUT2D eigenvalue weighted by atomic mass is 79.9. The first-order chi connectivity index (χ1) is 11.7. The van der Waals surface area contributed by atoms with Gasteiger partial charge < -0.3 is 5.32 Å². The molecule has 1 amide bonds. The van der Waals surface area contributed by atoms with Crippen LogP contribution in [-0.2, 0) is 11.3 Å². The molecular formula is C14H14BrN5O5. The summed E-state index contributed by atoms with van der Waals surface area (Å²) in [6, 6.07) is 2.21. The molecule has 0 radical (unpaired) electrons. The molecule has 132 valence electrons. The number of halogens is 1. The van der Waals surface area contributed by atoms with Crippen molar-refractivity contribution in [2.24, 2.45) is 0 Å². The first-order valence-corrected chi connectivity index (χ1v) is 7.91. The summed E-state index contributed by atoms with van der Waals surface area (Å²) >= 11 is 3.32. The summed E-state index contributed by atoms with van der Waals surface area (Å²) in [5.74, 6) is -0.434. The van der Waals surface area contributed by atoms with Crippen molar-refractivity contribution >= 4 is 38.9 Å². The van der Waals surface area contributed by atoms with Crippen molar-refractivity contribution in [3.63, 3.8) is 0 Å². The Morgan fingerprint density at radius 3 is 2.24 bits per heavy atom. The van der Waals surface area contributed by atoms with Gasteiger partial charge in [-0.1, -0.05) is 0 Å². The number of rotatable bonds is 6. The van der Waals surface area contributed by atoms with E-state index in [0.717, 1.165) is 22.3 Å². The largest absolute Gasteiger partial charge is 0.326 e. The quantitative estimate of drug-likeness (QED) is 0.573. The van der Waals surface area contributed by atoms with Gasteiger partial charge in [0.1, 0.15) is 5.56 Å².